The van der Waals surface area contributed by atoms with E-state index in [1.54, 1.807) is 0 Å². The summed E-state index contributed by atoms with van der Waals surface area (Å²) in [6.07, 6.45) is -0.127. The first-order chi connectivity index (χ1) is 5.81. The van der Waals surface area contributed by atoms with Crippen molar-refractivity contribution in [2.24, 2.45) is 0 Å². The van der Waals surface area contributed by atoms with E-state index in [1.807, 2.05) is 18.2 Å². The molecule has 0 amide bonds. The maximum Gasteiger partial charge on any atom is 0.106 e. The van der Waals surface area contributed by atoms with Crippen LogP contribution in [0.2, 0.25) is 0 Å². The second-order valence-electron chi connectivity index (χ2n) is 2.83. The Kier molecular flexibility index (Phi) is 2.17. The summed E-state index contributed by atoms with van der Waals surface area (Å²) in [4.78, 5) is 0. The van der Waals surface area contributed by atoms with Crippen molar-refractivity contribution in [3.63, 3.8) is 0 Å². The highest BCUT2D eigenvalue weighted by Gasteiger charge is 2.21. The van der Waals surface area contributed by atoms with Crippen molar-refractivity contribution in [1.82, 2.24) is 0 Å². The van der Waals surface area contributed by atoms with Crippen molar-refractivity contribution in [3.05, 3.63) is 33.8 Å². The van der Waals surface area contributed by atoms with Crippen LogP contribution in [0.25, 0.3) is 0 Å². The Balaban J connectivity index is 2.42. The van der Waals surface area contributed by atoms with Crippen LogP contribution >= 0.6 is 15.9 Å². The molecule has 0 fully saturated rings. The van der Waals surface area contributed by atoms with Gasteiger partial charge in [-0.2, -0.15) is 0 Å². The van der Waals surface area contributed by atoms with E-state index >= 15 is 0 Å². The monoisotopic (exact) mass is 228 g/mol. The molecule has 1 aliphatic rings. The van der Waals surface area contributed by atoms with E-state index in [9.17, 15) is 0 Å². The third-order valence-electron chi connectivity index (χ3n) is 2.06. The molecule has 0 aliphatic carbocycles. The molecule has 1 heterocycles. The molecule has 1 aliphatic heterocycles. The molecule has 0 saturated carbocycles. The molecule has 64 valence electrons. The second-order valence-corrected chi connectivity index (χ2v) is 3.74. The number of halogens is 1. The molecule has 3 heteroatoms. The Morgan fingerprint density at radius 1 is 1.58 bits per heavy atom. The Hall–Kier alpha value is -0.380. The average molecular weight is 229 g/mol. The van der Waals surface area contributed by atoms with Crippen LogP contribution in [0, 0.1) is 0 Å². The van der Waals surface area contributed by atoms with Gasteiger partial charge in [0.15, 0.2) is 0 Å². The summed E-state index contributed by atoms with van der Waals surface area (Å²) in [6, 6.07) is 6.01. The fourth-order valence-corrected chi connectivity index (χ4v) is 1.81. The van der Waals surface area contributed by atoms with Gasteiger partial charge in [-0.3, -0.25) is 0 Å². The van der Waals surface area contributed by atoms with Crippen LogP contribution in [0.5, 0.6) is 0 Å². The van der Waals surface area contributed by atoms with Crippen LogP contribution in [-0.4, -0.2) is 11.7 Å². The SMILES string of the molecule is OCC1OCc2ccc(Br)cc21. The first kappa shape index (κ1) is 8.23. The third kappa shape index (κ3) is 1.28. The number of fused-ring (bicyclic) bond motifs is 1. The van der Waals surface area contributed by atoms with Gasteiger partial charge < -0.3 is 9.84 Å². The molecule has 2 rings (SSSR count). The zero-order valence-corrected chi connectivity index (χ0v) is 8.04. The van der Waals surface area contributed by atoms with Crippen LogP contribution in [0.1, 0.15) is 17.2 Å². The summed E-state index contributed by atoms with van der Waals surface area (Å²) >= 11 is 3.38. The van der Waals surface area contributed by atoms with E-state index in [-0.39, 0.29) is 12.7 Å². The van der Waals surface area contributed by atoms with Gasteiger partial charge in [-0.15, -0.1) is 0 Å². The molecule has 1 aromatic rings. The van der Waals surface area contributed by atoms with Crippen LogP contribution in [0.15, 0.2) is 22.7 Å². The quantitative estimate of drug-likeness (QED) is 0.798. The second kappa shape index (κ2) is 3.17. The highest BCUT2D eigenvalue weighted by atomic mass is 79.9. The average Bonchev–Trinajstić information content (AvgIpc) is 2.46. The highest BCUT2D eigenvalue weighted by Crippen LogP contribution is 2.31. The minimum atomic E-state index is -0.127. The predicted molar refractivity (Wildman–Crippen MR) is 48.8 cm³/mol. The van der Waals surface area contributed by atoms with E-state index in [2.05, 4.69) is 15.9 Å². The number of hydrogen-bond acceptors (Lipinski definition) is 2. The zero-order chi connectivity index (χ0) is 8.55. The van der Waals surface area contributed by atoms with Crippen molar-refractivity contribution in [3.8, 4) is 0 Å². The van der Waals surface area contributed by atoms with Gasteiger partial charge in [0.25, 0.3) is 0 Å². The maximum atomic E-state index is 8.96. The van der Waals surface area contributed by atoms with Crippen molar-refractivity contribution in [1.29, 1.82) is 0 Å². The zero-order valence-electron chi connectivity index (χ0n) is 6.46. The van der Waals surface area contributed by atoms with Crippen LogP contribution in [0.4, 0.5) is 0 Å². The Morgan fingerprint density at radius 2 is 2.42 bits per heavy atom. The lowest BCUT2D eigenvalue weighted by atomic mass is 10.1. The normalized spacial score (nSPS) is 21.0. The maximum absolute atomic E-state index is 8.96. The van der Waals surface area contributed by atoms with Crippen molar-refractivity contribution in [2.75, 3.05) is 6.61 Å². The minimum Gasteiger partial charge on any atom is -0.393 e. The molecule has 1 aromatic carbocycles. The Morgan fingerprint density at radius 3 is 3.17 bits per heavy atom. The Labute approximate surface area is 79.3 Å². The van der Waals surface area contributed by atoms with Gasteiger partial charge in [0.1, 0.15) is 6.10 Å². The van der Waals surface area contributed by atoms with Crippen LogP contribution in [-0.2, 0) is 11.3 Å². The standard InChI is InChI=1S/C9H9BrO2/c10-7-2-1-6-5-12-9(4-11)8(6)3-7/h1-3,9,11H,4-5H2. The smallest absolute Gasteiger partial charge is 0.106 e. The molecule has 1 unspecified atom stereocenters. The molecule has 0 spiro atoms. The van der Waals surface area contributed by atoms with Crippen molar-refractivity contribution < 1.29 is 9.84 Å². The third-order valence-corrected chi connectivity index (χ3v) is 2.55. The number of aliphatic hydroxyl groups is 1. The molecular formula is C9H9BrO2. The van der Waals surface area contributed by atoms with Gasteiger partial charge in [0.2, 0.25) is 0 Å². The first-order valence-electron chi connectivity index (χ1n) is 3.82. The van der Waals surface area contributed by atoms with E-state index in [0.717, 1.165) is 10.0 Å². The molecule has 0 radical (unpaired) electrons. The van der Waals surface area contributed by atoms with Gasteiger partial charge in [-0.05, 0) is 23.3 Å². The van der Waals surface area contributed by atoms with Crippen molar-refractivity contribution >= 4 is 15.9 Å². The van der Waals surface area contributed by atoms with Crippen LogP contribution < -0.4 is 0 Å². The number of rotatable bonds is 1. The lowest BCUT2D eigenvalue weighted by Gasteiger charge is -2.06. The predicted octanol–water partition coefficient (Wildman–Crippen LogP) is 2.01. The lowest BCUT2D eigenvalue weighted by molar-refractivity contribution is 0.0233. The van der Waals surface area contributed by atoms with Crippen LogP contribution in [0.3, 0.4) is 0 Å². The van der Waals surface area contributed by atoms with E-state index in [0.29, 0.717) is 6.61 Å². The van der Waals surface area contributed by atoms with E-state index in [4.69, 9.17) is 9.84 Å². The topological polar surface area (TPSA) is 29.5 Å². The summed E-state index contributed by atoms with van der Waals surface area (Å²) in [5.41, 5.74) is 2.28. The first-order valence-corrected chi connectivity index (χ1v) is 4.61. The number of ether oxygens (including phenoxy) is 1. The Bertz CT molecular complexity index is 299. The fraction of sp³-hybridized carbons (Fsp3) is 0.333. The molecule has 0 saturated heterocycles. The molecule has 2 nitrogen and oxygen atoms in total. The molecule has 1 atom stereocenters. The molecular weight excluding hydrogens is 220 g/mol. The lowest BCUT2D eigenvalue weighted by Crippen LogP contribution is -2.00. The number of benzene rings is 1. The van der Waals surface area contributed by atoms with Gasteiger partial charge >= 0.3 is 0 Å². The summed E-state index contributed by atoms with van der Waals surface area (Å²) in [5, 5.41) is 8.96. The van der Waals surface area contributed by atoms with Gasteiger partial charge in [0.05, 0.1) is 13.2 Å². The molecule has 0 bridgehead atoms. The van der Waals surface area contributed by atoms with E-state index in [1.165, 1.54) is 5.56 Å². The van der Waals surface area contributed by atoms with Gasteiger partial charge in [-0.1, -0.05) is 22.0 Å². The summed E-state index contributed by atoms with van der Waals surface area (Å²) in [6.45, 7) is 0.678. The fourth-order valence-electron chi connectivity index (χ4n) is 1.43. The minimum absolute atomic E-state index is 0.0590. The molecule has 12 heavy (non-hydrogen) atoms. The van der Waals surface area contributed by atoms with Gasteiger partial charge in [-0.25, -0.2) is 0 Å². The highest BCUT2D eigenvalue weighted by molar-refractivity contribution is 9.10. The van der Waals surface area contributed by atoms with Crippen molar-refractivity contribution in [2.45, 2.75) is 12.7 Å². The molecule has 0 aromatic heterocycles. The van der Waals surface area contributed by atoms with Gasteiger partial charge in [0, 0.05) is 4.47 Å². The number of hydrogen-bond donors (Lipinski definition) is 1. The summed E-state index contributed by atoms with van der Waals surface area (Å²) < 4.78 is 6.39. The molecule has 1 N–H and O–H groups in total. The summed E-state index contributed by atoms with van der Waals surface area (Å²) in [7, 11) is 0. The summed E-state index contributed by atoms with van der Waals surface area (Å²) in [5.74, 6) is 0. The largest absolute Gasteiger partial charge is 0.393 e. The number of aliphatic hydroxyl groups excluding tert-OH is 1. The van der Waals surface area contributed by atoms with E-state index < -0.39 is 0 Å².